The zero-order valence-electron chi connectivity index (χ0n) is 16.8. The Bertz CT molecular complexity index is 801. The monoisotopic (exact) mass is 401 g/mol. The van der Waals surface area contributed by atoms with E-state index in [1.54, 1.807) is 17.7 Å². The van der Waals surface area contributed by atoms with Crippen LogP contribution < -0.4 is 10.2 Å². The van der Waals surface area contributed by atoms with Crippen LogP contribution in [0.1, 0.15) is 43.9 Å². The summed E-state index contributed by atoms with van der Waals surface area (Å²) in [6.45, 7) is 7.97. The highest BCUT2D eigenvalue weighted by atomic mass is 32.1. The third kappa shape index (κ3) is 4.46. The number of rotatable bonds is 6. The van der Waals surface area contributed by atoms with E-state index in [0.717, 1.165) is 61.5 Å². The van der Waals surface area contributed by atoms with Crippen molar-refractivity contribution < 1.29 is 4.79 Å². The molecule has 2 aromatic heterocycles. The molecular weight excluding hydrogens is 370 g/mol. The number of carbonyl (C=O) groups excluding carboxylic acids is 1. The first-order valence-corrected chi connectivity index (χ1v) is 11.5. The number of fused-ring (bicyclic) bond motifs is 1. The molecule has 2 saturated heterocycles. The van der Waals surface area contributed by atoms with Crippen LogP contribution in [-0.2, 0) is 11.2 Å². The molecular formula is C21H31N5OS. The maximum absolute atomic E-state index is 12.7. The second-order valence-corrected chi connectivity index (χ2v) is 9.08. The van der Waals surface area contributed by atoms with Crippen molar-refractivity contribution in [2.45, 2.75) is 45.4 Å². The third-order valence-electron chi connectivity index (χ3n) is 5.98. The lowest BCUT2D eigenvalue weighted by Crippen LogP contribution is -2.45. The fourth-order valence-electron chi connectivity index (χ4n) is 4.37. The highest BCUT2D eigenvalue weighted by Crippen LogP contribution is 2.32. The largest absolute Gasteiger partial charge is 0.355 e. The quantitative estimate of drug-likeness (QED) is 0.806. The lowest BCUT2D eigenvalue weighted by molar-refractivity contribution is -0.125. The number of carbonyl (C=O) groups is 1. The van der Waals surface area contributed by atoms with Gasteiger partial charge in [0.1, 0.15) is 17.0 Å². The summed E-state index contributed by atoms with van der Waals surface area (Å²) >= 11 is 1.75. The van der Waals surface area contributed by atoms with Gasteiger partial charge < -0.3 is 15.1 Å². The maximum Gasteiger partial charge on any atom is 0.224 e. The van der Waals surface area contributed by atoms with Gasteiger partial charge in [-0.25, -0.2) is 9.97 Å². The van der Waals surface area contributed by atoms with E-state index < -0.39 is 0 Å². The summed E-state index contributed by atoms with van der Waals surface area (Å²) in [5, 5.41) is 4.32. The summed E-state index contributed by atoms with van der Waals surface area (Å²) in [6.07, 6.45) is 8.60. The lowest BCUT2D eigenvalue weighted by atomic mass is 9.97. The molecule has 0 aromatic carbocycles. The summed E-state index contributed by atoms with van der Waals surface area (Å²) in [6, 6.07) is 2.22. The Hall–Kier alpha value is -1.73. The van der Waals surface area contributed by atoms with Gasteiger partial charge in [0.2, 0.25) is 5.91 Å². The topological polar surface area (TPSA) is 61.4 Å². The molecule has 4 rings (SSSR count). The minimum absolute atomic E-state index is 0.0457. The van der Waals surface area contributed by atoms with Crippen molar-refractivity contribution in [2.75, 3.05) is 44.2 Å². The fourth-order valence-corrected chi connectivity index (χ4v) is 5.30. The Morgan fingerprint density at radius 1 is 1.21 bits per heavy atom. The van der Waals surface area contributed by atoms with Gasteiger partial charge in [0, 0.05) is 31.1 Å². The molecule has 2 aromatic rings. The van der Waals surface area contributed by atoms with Gasteiger partial charge in [0.05, 0.1) is 11.3 Å². The highest BCUT2D eigenvalue weighted by Gasteiger charge is 2.27. The number of aromatic nitrogens is 2. The molecule has 6 nitrogen and oxygen atoms in total. The van der Waals surface area contributed by atoms with Crippen molar-refractivity contribution in [3.05, 3.63) is 17.3 Å². The van der Waals surface area contributed by atoms with Crippen LogP contribution in [0.2, 0.25) is 0 Å². The van der Waals surface area contributed by atoms with Crippen molar-refractivity contribution in [1.82, 2.24) is 20.2 Å². The number of likely N-dealkylation sites (tertiary alicyclic amines) is 1. The number of nitrogens with zero attached hydrogens (tertiary/aromatic N) is 4. The van der Waals surface area contributed by atoms with Crippen LogP contribution in [-0.4, -0.2) is 60.0 Å². The van der Waals surface area contributed by atoms with Crippen LogP contribution in [0.5, 0.6) is 0 Å². The van der Waals surface area contributed by atoms with E-state index in [1.165, 1.54) is 37.2 Å². The van der Waals surface area contributed by atoms with Crippen LogP contribution in [0.15, 0.2) is 12.4 Å². The summed E-state index contributed by atoms with van der Waals surface area (Å²) in [7, 11) is 0. The smallest absolute Gasteiger partial charge is 0.224 e. The van der Waals surface area contributed by atoms with Crippen molar-refractivity contribution in [1.29, 1.82) is 0 Å². The van der Waals surface area contributed by atoms with Gasteiger partial charge >= 0.3 is 0 Å². The number of amides is 1. The van der Waals surface area contributed by atoms with E-state index in [1.807, 2.05) is 0 Å². The van der Waals surface area contributed by atoms with Crippen LogP contribution in [0.4, 0.5) is 5.82 Å². The number of thiophene rings is 1. The van der Waals surface area contributed by atoms with Crippen molar-refractivity contribution in [3.8, 4) is 0 Å². The predicted octanol–water partition coefficient (Wildman–Crippen LogP) is 3.07. The van der Waals surface area contributed by atoms with Gasteiger partial charge in [-0.05, 0) is 51.3 Å². The molecule has 0 saturated carbocycles. The number of nitrogens with one attached hydrogen (secondary N) is 1. The maximum atomic E-state index is 12.7. The number of anilines is 1. The molecule has 0 aliphatic carbocycles. The molecule has 0 bridgehead atoms. The number of hydrogen-bond acceptors (Lipinski definition) is 6. The molecule has 28 heavy (non-hydrogen) atoms. The normalized spacial score (nSPS) is 21.2. The second kappa shape index (κ2) is 9.18. The Balaban J connectivity index is 1.36. The molecule has 1 atom stereocenters. The summed E-state index contributed by atoms with van der Waals surface area (Å²) in [5.74, 6) is 1.24. The summed E-state index contributed by atoms with van der Waals surface area (Å²) < 4.78 is 0. The molecule has 0 radical (unpaired) electrons. The van der Waals surface area contributed by atoms with Crippen molar-refractivity contribution in [3.63, 3.8) is 0 Å². The third-order valence-corrected chi connectivity index (χ3v) is 7.16. The van der Waals surface area contributed by atoms with Crippen LogP contribution in [0.25, 0.3) is 10.2 Å². The zero-order valence-corrected chi connectivity index (χ0v) is 17.6. The van der Waals surface area contributed by atoms with Crippen molar-refractivity contribution >= 4 is 33.3 Å². The standard InChI is InChI=1S/C21H31N5OS/c1-2-17-13-18-19(23-15-24-21(18)28-17)26-11-6-7-16(14-26)20(27)22-8-12-25-9-4-3-5-10-25/h13,15-16H,2-12,14H2,1H3,(H,22,27)/t16-/m0/s1. The minimum Gasteiger partial charge on any atom is -0.355 e. The van der Waals surface area contributed by atoms with Gasteiger partial charge in [0.15, 0.2) is 0 Å². The highest BCUT2D eigenvalue weighted by molar-refractivity contribution is 7.18. The first-order chi connectivity index (χ1) is 13.7. The van der Waals surface area contributed by atoms with E-state index >= 15 is 0 Å². The Morgan fingerprint density at radius 3 is 2.89 bits per heavy atom. The zero-order chi connectivity index (χ0) is 19.3. The van der Waals surface area contributed by atoms with Gasteiger partial charge in [-0.2, -0.15) is 0 Å². The first-order valence-electron chi connectivity index (χ1n) is 10.7. The number of piperidine rings is 2. The minimum atomic E-state index is 0.0457. The molecule has 2 aliphatic heterocycles. The van der Waals surface area contributed by atoms with Crippen molar-refractivity contribution in [2.24, 2.45) is 5.92 Å². The Labute approximate surface area is 171 Å². The van der Waals surface area contributed by atoms with Gasteiger partial charge in [-0.3, -0.25) is 4.79 Å². The predicted molar refractivity (Wildman–Crippen MR) is 115 cm³/mol. The molecule has 0 unspecified atom stereocenters. The molecule has 7 heteroatoms. The molecule has 152 valence electrons. The Kier molecular flexibility index (Phi) is 6.42. The fraction of sp³-hybridized carbons (Fsp3) is 0.667. The molecule has 2 fully saturated rings. The van der Waals surface area contributed by atoms with Gasteiger partial charge in [0.25, 0.3) is 0 Å². The molecule has 2 aliphatic rings. The molecule has 0 spiro atoms. The van der Waals surface area contributed by atoms with E-state index in [0.29, 0.717) is 0 Å². The second-order valence-electron chi connectivity index (χ2n) is 7.96. The SMILES string of the molecule is CCc1cc2c(N3CCC[C@H](C(=O)NCCN4CCCCC4)C3)ncnc2s1. The van der Waals surface area contributed by atoms with E-state index in [-0.39, 0.29) is 11.8 Å². The summed E-state index contributed by atoms with van der Waals surface area (Å²) in [5.41, 5.74) is 0. The summed E-state index contributed by atoms with van der Waals surface area (Å²) in [4.78, 5) is 28.9. The number of aryl methyl sites for hydroxylation is 1. The van der Waals surface area contributed by atoms with E-state index in [2.05, 4.69) is 38.1 Å². The lowest BCUT2D eigenvalue weighted by Gasteiger charge is -2.33. The van der Waals surface area contributed by atoms with Crippen LogP contribution in [0.3, 0.4) is 0 Å². The molecule has 1 amide bonds. The van der Waals surface area contributed by atoms with E-state index in [9.17, 15) is 4.79 Å². The first kappa shape index (κ1) is 19.6. The average Bonchev–Trinajstić information content (AvgIpc) is 3.18. The average molecular weight is 402 g/mol. The van der Waals surface area contributed by atoms with Gasteiger partial charge in [-0.15, -0.1) is 11.3 Å². The van der Waals surface area contributed by atoms with Crippen LogP contribution in [0, 0.1) is 5.92 Å². The Morgan fingerprint density at radius 2 is 2.07 bits per heavy atom. The molecule has 4 heterocycles. The van der Waals surface area contributed by atoms with E-state index in [4.69, 9.17) is 0 Å². The molecule has 1 N–H and O–H groups in total. The van der Waals surface area contributed by atoms with Gasteiger partial charge in [-0.1, -0.05) is 13.3 Å². The van der Waals surface area contributed by atoms with Crippen LogP contribution >= 0.6 is 11.3 Å². The number of hydrogen-bond donors (Lipinski definition) is 1.